The molecule has 1 atom stereocenters. The molecule has 0 aromatic rings. The Morgan fingerprint density at radius 2 is 1.63 bits per heavy atom. The molecule has 0 aliphatic carbocycles. The summed E-state index contributed by atoms with van der Waals surface area (Å²) < 4.78 is 11.0. The lowest BCUT2D eigenvalue weighted by molar-refractivity contribution is -0.148. The van der Waals surface area contributed by atoms with E-state index < -0.39 is 13.7 Å². The summed E-state index contributed by atoms with van der Waals surface area (Å²) >= 11 is 0. The van der Waals surface area contributed by atoms with Crippen LogP contribution in [0.4, 0.5) is 0 Å². The van der Waals surface area contributed by atoms with Crippen molar-refractivity contribution < 1.29 is 14.0 Å². The molecule has 0 amide bonds. The molecule has 3 nitrogen and oxygen atoms in total. The Morgan fingerprint density at radius 3 is 2.00 bits per heavy atom. The first-order valence-electron chi connectivity index (χ1n) is 6.79. The lowest BCUT2D eigenvalue weighted by Gasteiger charge is -2.38. The minimum Gasteiger partial charge on any atom is -0.468 e. The van der Waals surface area contributed by atoms with Crippen molar-refractivity contribution >= 4 is 14.3 Å². The van der Waals surface area contributed by atoms with Crippen LogP contribution in [0.15, 0.2) is 12.2 Å². The van der Waals surface area contributed by atoms with E-state index in [9.17, 15) is 4.79 Å². The minimum atomic E-state index is -1.77. The number of carbonyl (C=O) groups excluding carboxylic acids is 1. The number of methoxy groups -OCH3 is 1. The number of rotatable bonds is 5. The van der Waals surface area contributed by atoms with Crippen LogP contribution < -0.4 is 0 Å². The summed E-state index contributed by atoms with van der Waals surface area (Å²) in [5.41, 5.74) is -0.611. The summed E-state index contributed by atoms with van der Waals surface area (Å²) in [5.74, 6) is -0.233. The fourth-order valence-corrected chi connectivity index (χ4v) is 2.75. The molecule has 0 bridgehead atoms. The molecule has 4 heteroatoms. The van der Waals surface area contributed by atoms with Crippen molar-refractivity contribution in [2.24, 2.45) is 5.41 Å². The van der Waals surface area contributed by atoms with Gasteiger partial charge in [0.05, 0.1) is 18.6 Å². The van der Waals surface area contributed by atoms with Gasteiger partial charge in [0.1, 0.15) is 0 Å². The van der Waals surface area contributed by atoms with E-state index in [-0.39, 0.29) is 17.1 Å². The fourth-order valence-electron chi connectivity index (χ4n) is 1.39. The zero-order chi connectivity index (χ0) is 15.5. The molecule has 0 fully saturated rings. The Hall–Kier alpha value is -0.613. The molecule has 112 valence electrons. The molecule has 0 aliphatic rings. The molecule has 0 aromatic carbocycles. The van der Waals surface area contributed by atoms with Crippen molar-refractivity contribution in [2.45, 2.75) is 65.8 Å². The molecule has 0 saturated carbocycles. The maximum Gasteiger partial charge on any atom is 0.315 e. The highest BCUT2D eigenvalue weighted by Gasteiger charge is 2.38. The average Bonchev–Trinajstić information content (AvgIpc) is 2.23. The van der Waals surface area contributed by atoms with Gasteiger partial charge in [0.25, 0.3) is 0 Å². The van der Waals surface area contributed by atoms with E-state index in [1.165, 1.54) is 7.11 Å². The van der Waals surface area contributed by atoms with Gasteiger partial charge in [-0.3, -0.25) is 4.79 Å². The van der Waals surface area contributed by atoms with Gasteiger partial charge in [0.15, 0.2) is 8.32 Å². The molecule has 0 aromatic heterocycles. The van der Waals surface area contributed by atoms with Crippen LogP contribution in [0.25, 0.3) is 0 Å². The monoisotopic (exact) mass is 286 g/mol. The Bertz CT molecular complexity index is 338. The van der Waals surface area contributed by atoms with Gasteiger partial charge in [0.2, 0.25) is 0 Å². The van der Waals surface area contributed by atoms with Crippen molar-refractivity contribution in [1.82, 2.24) is 0 Å². The molecule has 0 N–H and O–H groups in total. The summed E-state index contributed by atoms with van der Waals surface area (Å²) in [6.45, 7) is 16.8. The smallest absolute Gasteiger partial charge is 0.315 e. The number of ether oxygens (including phenoxy) is 1. The highest BCUT2D eigenvalue weighted by atomic mass is 28.4. The topological polar surface area (TPSA) is 35.5 Å². The molecule has 19 heavy (non-hydrogen) atoms. The van der Waals surface area contributed by atoms with Crippen molar-refractivity contribution in [2.75, 3.05) is 7.11 Å². The second-order valence-corrected chi connectivity index (χ2v) is 11.9. The Kier molecular flexibility index (Phi) is 6.02. The van der Waals surface area contributed by atoms with E-state index >= 15 is 0 Å². The molecule has 1 unspecified atom stereocenters. The standard InChI is InChI=1S/C15H30O3Si/c1-12(18-19(8,9)14(2,3)4)10-11-15(5,6)13(16)17-7/h10-12H,1-9H3/b11-10+. The van der Waals surface area contributed by atoms with Gasteiger partial charge >= 0.3 is 5.97 Å². The van der Waals surface area contributed by atoms with Gasteiger partial charge in [-0.05, 0) is 38.9 Å². The van der Waals surface area contributed by atoms with Crippen molar-refractivity contribution in [3.05, 3.63) is 12.2 Å². The van der Waals surface area contributed by atoms with Crippen molar-refractivity contribution in [3.8, 4) is 0 Å². The lowest BCUT2D eigenvalue weighted by atomic mass is 9.93. The predicted molar refractivity (Wildman–Crippen MR) is 82.7 cm³/mol. The summed E-state index contributed by atoms with van der Waals surface area (Å²) in [5, 5.41) is 0.187. The molecular formula is C15H30O3Si. The number of carbonyl (C=O) groups is 1. The molecule has 0 spiro atoms. The third kappa shape index (κ3) is 5.49. The molecule has 0 rings (SSSR count). The molecule has 0 heterocycles. The van der Waals surface area contributed by atoms with Crippen LogP contribution in [-0.4, -0.2) is 27.5 Å². The fraction of sp³-hybridized carbons (Fsp3) is 0.800. The van der Waals surface area contributed by atoms with Gasteiger partial charge in [-0.25, -0.2) is 0 Å². The summed E-state index contributed by atoms with van der Waals surface area (Å²) in [6.07, 6.45) is 3.83. The van der Waals surface area contributed by atoms with Gasteiger partial charge in [-0.1, -0.05) is 32.9 Å². The summed E-state index contributed by atoms with van der Waals surface area (Å²) in [7, 11) is -0.357. The quantitative estimate of drug-likeness (QED) is 0.432. The van der Waals surface area contributed by atoms with Crippen LogP contribution >= 0.6 is 0 Å². The van der Waals surface area contributed by atoms with E-state index in [1.54, 1.807) is 0 Å². The first kappa shape index (κ1) is 18.4. The molecule has 0 aliphatic heterocycles. The number of esters is 1. The lowest BCUT2D eigenvalue weighted by Crippen LogP contribution is -2.43. The average molecular weight is 286 g/mol. The molecular weight excluding hydrogens is 256 g/mol. The van der Waals surface area contributed by atoms with Crippen LogP contribution in [0.3, 0.4) is 0 Å². The van der Waals surface area contributed by atoms with Crippen LogP contribution in [0.1, 0.15) is 41.5 Å². The molecule has 0 radical (unpaired) electrons. The Morgan fingerprint density at radius 1 is 1.16 bits per heavy atom. The van der Waals surface area contributed by atoms with Gasteiger partial charge < -0.3 is 9.16 Å². The SMILES string of the molecule is COC(=O)C(C)(C)/C=C/C(C)O[Si](C)(C)C(C)(C)C. The third-order valence-corrected chi connectivity index (χ3v) is 8.36. The van der Waals surface area contributed by atoms with E-state index in [2.05, 4.69) is 33.9 Å². The van der Waals surface area contributed by atoms with E-state index in [0.29, 0.717) is 0 Å². The number of hydrogen-bond donors (Lipinski definition) is 0. The normalized spacial score (nSPS) is 15.6. The summed E-state index contributed by atoms with van der Waals surface area (Å²) in [6, 6.07) is 0. The maximum absolute atomic E-state index is 11.6. The highest BCUT2D eigenvalue weighted by molar-refractivity contribution is 6.74. The first-order chi connectivity index (χ1) is 8.33. The van der Waals surface area contributed by atoms with Gasteiger partial charge in [0, 0.05) is 0 Å². The van der Waals surface area contributed by atoms with E-state index in [4.69, 9.17) is 9.16 Å². The van der Waals surface area contributed by atoms with Crippen LogP contribution in [0.2, 0.25) is 18.1 Å². The third-order valence-electron chi connectivity index (χ3n) is 3.78. The summed E-state index contributed by atoms with van der Waals surface area (Å²) in [4.78, 5) is 11.6. The minimum absolute atomic E-state index is 0.00447. The Balaban J connectivity index is 4.73. The van der Waals surface area contributed by atoms with Crippen LogP contribution in [-0.2, 0) is 14.0 Å². The predicted octanol–water partition coefficient (Wildman–Crippen LogP) is 4.15. The number of hydrogen-bond acceptors (Lipinski definition) is 3. The zero-order valence-electron chi connectivity index (χ0n) is 14.0. The van der Waals surface area contributed by atoms with Gasteiger partial charge in [-0.2, -0.15) is 0 Å². The second-order valence-electron chi connectivity index (χ2n) is 7.16. The first-order valence-corrected chi connectivity index (χ1v) is 9.70. The highest BCUT2D eigenvalue weighted by Crippen LogP contribution is 2.37. The van der Waals surface area contributed by atoms with Gasteiger partial charge in [-0.15, -0.1) is 0 Å². The van der Waals surface area contributed by atoms with E-state index in [1.807, 2.05) is 32.9 Å². The van der Waals surface area contributed by atoms with Crippen LogP contribution in [0.5, 0.6) is 0 Å². The van der Waals surface area contributed by atoms with Crippen molar-refractivity contribution in [3.63, 3.8) is 0 Å². The second kappa shape index (κ2) is 6.22. The zero-order valence-corrected chi connectivity index (χ0v) is 15.0. The molecule has 0 saturated heterocycles. The Labute approximate surface area is 119 Å². The van der Waals surface area contributed by atoms with Crippen LogP contribution in [0, 0.1) is 5.41 Å². The maximum atomic E-state index is 11.6. The van der Waals surface area contributed by atoms with Crippen molar-refractivity contribution in [1.29, 1.82) is 0 Å². The van der Waals surface area contributed by atoms with E-state index in [0.717, 1.165) is 0 Å². The largest absolute Gasteiger partial charge is 0.468 e.